The largest absolute Gasteiger partial charge is 0.494 e. The van der Waals surface area contributed by atoms with Crippen LogP contribution in [0.25, 0.3) is 0 Å². The Morgan fingerprint density at radius 3 is 2.30 bits per heavy atom. The van der Waals surface area contributed by atoms with Crippen LogP contribution in [-0.4, -0.2) is 36.9 Å². The Morgan fingerprint density at radius 2 is 1.67 bits per heavy atom. The van der Waals surface area contributed by atoms with E-state index in [1.54, 1.807) is 35.6 Å². The van der Waals surface area contributed by atoms with Crippen LogP contribution >= 0.6 is 0 Å². The van der Waals surface area contributed by atoms with E-state index in [0.717, 1.165) is 0 Å². The summed E-state index contributed by atoms with van der Waals surface area (Å²) in [6.45, 7) is 0.256. The fourth-order valence-corrected chi connectivity index (χ4v) is 2.49. The molecule has 0 aliphatic rings. The molecule has 2 rings (SSSR count). The summed E-state index contributed by atoms with van der Waals surface area (Å²) in [7, 11) is 0. The summed E-state index contributed by atoms with van der Waals surface area (Å²) >= 11 is 0. The predicted molar refractivity (Wildman–Crippen MR) is 105 cm³/mol. The van der Waals surface area contributed by atoms with Gasteiger partial charge in [0.05, 0.1) is 17.9 Å². The van der Waals surface area contributed by atoms with Crippen molar-refractivity contribution < 1.29 is 32.3 Å². The van der Waals surface area contributed by atoms with Gasteiger partial charge in [-0.2, -0.15) is 13.2 Å². The second-order valence-corrected chi connectivity index (χ2v) is 6.42. The van der Waals surface area contributed by atoms with Gasteiger partial charge in [-0.3, -0.25) is 14.4 Å². The summed E-state index contributed by atoms with van der Waals surface area (Å²) in [4.78, 5) is 35.3. The summed E-state index contributed by atoms with van der Waals surface area (Å²) in [5.41, 5.74) is 0.638. The molecule has 2 aromatic carbocycles. The van der Waals surface area contributed by atoms with E-state index in [0.29, 0.717) is 17.7 Å². The summed E-state index contributed by atoms with van der Waals surface area (Å²) in [6, 6.07) is 12.4. The number of ether oxygens (including phenoxy) is 1. The summed E-state index contributed by atoms with van der Waals surface area (Å²) in [6.07, 6.45) is -4.06. The van der Waals surface area contributed by atoms with Crippen LogP contribution in [0.1, 0.15) is 40.5 Å². The average Bonchev–Trinajstić information content (AvgIpc) is 2.69. The smallest absolute Gasteiger partial charge is 0.405 e. The van der Waals surface area contributed by atoms with Crippen LogP contribution in [0.3, 0.4) is 0 Å². The second-order valence-electron chi connectivity index (χ2n) is 6.42. The molecule has 0 aliphatic heterocycles. The van der Waals surface area contributed by atoms with E-state index in [2.05, 4.69) is 5.32 Å². The molecule has 0 aromatic heterocycles. The molecule has 2 amide bonds. The molecule has 160 valence electrons. The van der Waals surface area contributed by atoms with Gasteiger partial charge in [0.2, 0.25) is 5.91 Å². The first-order chi connectivity index (χ1) is 14.2. The Morgan fingerprint density at radius 1 is 1.00 bits per heavy atom. The standard InChI is InChI=1S/C21H21F3N2O4/c1-14(27)15-8-10-16(11-9-15)30-12-4-7-19(28)26-18-6-3-2-5-17(18)20(29)25-13-21(22,23)24/h2-3,5-6,8-11H,4,7,12-13H2,1H3,(H,25,29)(H,26,28). The molecule has 0 saturated carbocycles. The molecular weight excluding hydrogens is 401 g/mol. The van der Waals surface area contributed by atoms with Crippen molar-refractivity contribution in [3.8, 4) is 5.75 Å². The van der Waals surface area contributed by atoms with Crippen molar-refractivity contribution in [2.45, 2.75) is 25.9 Å². The molecule has 6 nitrogen and oxygen atoms in total. The molecule has 0 radical (unpaired) electrons. The van der Waals surface area contributed by atoms with Gasteiger partial charge in [-0.25, -0.2) is 0 Å². The van der Waals surface area contributed by atoms with Gasteiger partial charge in [0.15, 0.2) is 5.78 Å². The number of anilines is 1. The fourth-order valence-electron chi connectivity index (χ4n) is 2.49. The molecular formula is C21H21F3N2O4. The molecule has 0 bridgehead atoms. The molecule has 0 saturated heterocycles. The lowest BCUT2D eigenvalue weighted by molar-refractivity contribution is -0.123. The zero-order valence-electron chi connectivity index (χ0n) is 16.2. The SMILES string of the molecule is CC(=O)c1ccc(OCCCC(=O)Nc2ccccc2C(=O)NCC(F)(F)F)cc1. The molecule has 0 spiro atoms. The monoisotopic (exact) mass is 422 g/mol. The van der Waals surface area contributed by atoms with Gasteiger partial charge < -0.3 is 15.4 Å². The van der Waals surface area contributed by atoms with Crippen LogP contribution in [0.2, 0.25) is 0 Å². The summed E-state index contributed by atoms with van der Waals surface area (Å²) in [5, 5.41) is 4.31. The van der Waals surface area contributed by atoms with Gasteiger partial charge in [0.1, 0.15) is 12.3 Å². The molecule has 2 aromatic rings. The quantitative estimate of drug-likeness (QED) is 0.473. The number of amides is 2. The second kappa shape index (κ2) is 10.4. The molecule has 0 unspecified atom stereocenters. The highest BCUT2D eigenvalue weighted by atomic mass is 19.4. The Hall–Kier alpha value is -3.36. The number of ketones is 1. The number of hydrogen-bond acceptors (Lipinski definition) is 4. The maximum atomic E-state index is 12.3. The maximum Gasteiger partial charge on any atom is 0.405 e. The van der Waals surface area contributed by atoms with Crippen LogP contribution in [0, 0.1) is 0 Å². The number of nitrogens with one attached hydrogen (secondary N) is 2. The van der Waals surface area contributed by atoms with E-state index >= 15 is 0 Å². The van der Waals surface area contributed by atoms with Gasteiger partial charge in [0.25, 0.3) is 5.91 Å². The molecule has 0 fully saturated rings. The lowest BCUT2D eigenvalue weighted by Gasteiger charge is -2.12. The number of rotatable bonds is 9. The molecule has 0 atom stereocenters. The number of carbonyl (C=O) groups excluding carboxylic acids is 3. The first-order valence-corrected chi connectivity index (χ1v) is 9.13. The van der Waals surface area contributed by atoms with Gasteiger partial charge >= 0.3 is 6.18 Å². The minimum absolute atomic E-state index is 0.0504. The van der Waals surface area contributed by atoms with Gasteiger partial charge in [0, 0.05) is 12.0 Å². The van der Waals surface area contributed by atoms with Crippen molar-refractivity contribution in [1.82, 2.24) is 5.32 Å². The van der Waals surface area contributed by atoms with Crippen LogP contribution < -0.4 is 15.4 Å². The summed E-state index contributed by atoms with van der Waals surface area (Å²) < 4.78 is 42.4. The maximum absolute atomic E-state index is 12.3. The number of para-hydroxylation sites is 1. The number of alkyl halides is 3. The molecule has 9 heteroatoms. The van der Waals surface area contributed by atoms with Crippen LogP contribution in [-0.2, 0) is 4.79 Å². The first kappa shape index (κ1) is 22.9. The lowest BCUT2D eigenvalue weighted by Crippen LogP contribution is -2.34. The minimum Gasteiger partial charge on any atom is -0.494 e. The van der Waals surface area contributed by atoms with E-state index in [1.807, 2.05) is 0 Å². The topological polar surface area (TPSA) is 84.5 Å². The van der Waals surface area contributed by atoms with Crippen molar-refractivity contribution in [1.29, 1.82) is 0 Å². The molecule has 0 heterocycles. The lowest BCUT2D eigenvalue weighted by atomic mass is 10.1. The van der Waals surface area contributed by atoms with E-state index in [1.165, 1.54) is 25.1 Å². The zero-order chi connectivity index (χ0) is 22.1. The highest BCUT2D eigenvalue weighted by molar-refractivity contribution is 6.03. The number of halogens is 3. The highest BCUT2D eigenvalue weighted by Gasteiger charge is 2.28. The van der Waals surface area contributed by atoms with E-state index in [-0.39, 0.29) is 30.1 Å². The number of benzene rings is 2. The normalized spacial score (nSPS) is 10.9. The Bertz CT molecular complexity index is 896. The van der Waals surface area contributed by atoms with Crippen LogP contribution in [0.4, 0.5) is 18.9 Å². The van der Waals surface area contributed by atoms with Crippen molar-refractivity contribution in [2.75, 3.05) is 18.5 Å². The van der Waals surface area contributed by atoms with Gasteiger partial charge in [-0.1, -0.05) is 12.1 Å². The van der Waals surface area contributed by atoms with E-state index < -0.39 is 24.5 Å². The van der Waals surface area contributed by atoms with Crippen molar-refractivity contribution in [2.24, 2.45) is 0 Å². The van der Waals surface area contributed by atoms with Crippen LogP contribution in [0.5, 0.6) is 5.75 Å². The van der Waals surface area contributed by atoms with Gasteiger partial charge in [-0.05, 0) is 49.7 Å². The van der Waals surface area contributed by atoms with Crippen molar-refractivity contribution >= 4 is 23.3 Å². The van der Waals surface area contributed by atoms with Crippen LogP contribution in [0.15, 0.2) is 48.5 Å². The minimum atomic E-state index is -4.53. The first-order valence-electron chi connectivity index (χ1n) is 9.13. The Balaban J connectivity index is 1.82. The number of Topliss-reactive ketones (excluding diaryl/α,β-unsaturated/α-hetero) is 1. The molecule has 2 N–H and O–H groups in total. The van der Waals surface area contributed by atoms with Gasteiger partial charge in [-0.15, -0.1) is 0 Å². The van der Waals surface area contributed by atoms with E-state index in [4.69, 9.17) is 4.74 Å². The zero-order valence-corrected chi connectivity index (χ0v) is 16.2. The summed E-state index contributed by atoms with van der Waals surface area (Å²) in [5.74, 6) is -0.820. The Kier molecular flexibility index (Phi) is 7.97. The third-order valence-electron chi connectivity index (χ3n) is 3.97. The number of carbonyl (C=O) groups is 3. The third kappa shape index (κ3) is 7.57. The molecule has 30 heavy (non-hydrogen) atoms. The molecule has 0 aliphatic carbocycles. The van der Waals surface area contributed by atoms with Crippen molar-refractivity contribution in [3.63, 3.8) is 0 Å². The van der Waals surface area contributed by atoms with E-state index in [9.17, 15) is 27.6 Å². The highest BCUT2D eigenvalue weighted by Crippen LogP contribution is 2.18. The predicted octanol–water partition coefficient (Wildman–Crippen LogP) is 3.98. The Labute approximate surface area is 171 Å². The third-order valence-corrected chi connectivity index (χ3v) is 3.97. The van der Waals surface area contributed by atoms with Crippen molar-refractivity contribution in [3.05, 3.63) is 59.7 Å². The average molecular weight is 422 g/mol. The number of hydrogen-bond donors (Lipinski definition) is 2. The fraction of sp³-hybridized carbons (Fsp3) is 0.286.